The van der Waals surface area contributed by atoms with E-state index < -0.39 is 0 Å². The van der Waals surface area contributed by atoms with Crippen LogP contribution >= 0.6 is 15.9 Å². The van der Waals surface area contributed by atoms with E-state index in [1.54, 1.807) is 0 Å². The van der Waals surface area contributed by atoms with Gasteiger partial charge in [-0.3, -0.25) is 0 Å². The van der Waals surface area contributed by atoms with Gasteiger partial charge in [-0.1, -0.05) is 81.6 Å². The van der Waals surface area contributed by atoms with Crippen LogP contribution in [0.3, 0.4) is 0 Å². The molecule has 0 bridgehead atoms. The SMILES string of the molecule is CCCCCCCCCC(C)(C)CBr. The molecule has 14 heavy (non-hydrogen) atoms. The Morgan fingerprint density at radius 1 is 0.857 bits per heavy atom. The first-order valence-electron chi connectivity index (χ1n) is 6.18. The zero-order chi connectivity index (χ0) is 10.9. The van der Waals surface area contributed by atoms with Crippen LogP contribution in [0, 0.1) is 5.41 Å². The Kier molecular flexibility index (Phi) is 9.06. The molecule has 0 aliphatic rings. The third-order valence-electron chi connectivity index (χ3n) is 2.82. The molecule has 0 aromatic rings. The summed E-state index contributed by atoms with van der Waals surface area (Å²) in [6.07, 6.45) is 11.3. The predicted molar refractivity (Wildman–Crippen MR) is 70.2 cm³/mol. The molecular formula is C13H27Br. The second-order valence-electron chi connectivity index (χ2n) is 5.17. The largest absolute Gasteiger partial charge is 0.0922 e. The monoisotopic (exact) mass is 262 g/mol. The highest BCUT2D eigenvalue weighted by molar-refractivity contribution is 9.09. The molecule has 0 aromatic carbocycles. The highest BCUT2D eigenvalue weighted by atomic mass is 79.9. The zero-order valence-corrected chi connectivity index (χ0v) is 11.8. The van der Waals surface area contributed by atoms with Crippen LogP contribution in [0.2, 0.25) is 0 Å². The van der Waals surface area contributed by atoms with Crippen molar-refractivity contribution in [3.05, 3.63) is 0 Å². The third-order valence-corrected chi connectivity index (χ3v) is 4.34. The van der Waals surface area contributed by atoms with Crippen LogP contribution < -0.4 is 0 Å². The van der Waals surface area contributed by atoms with Crippen molar-refractivity contribution in [1.82, 2.24) is 0 Å². The van der Waals surface area contributed by atoms with E-state index in [4.69, 9.17) is 0 Å². The molecule has 0 rings (SSSR count). The minimum absolute atomic E-state index is 0.503. The lowest BCUT2D eigenvalue weighted by atomic mass is 9.89. The molecule has 0 radical (unpaired) electrons. The average Bonchev–Trinajstić information content (AvgIpc) is 2.16. The normalized spacial score (nSPS) is 12.0. The number of alkyl halides is 1. The summed E-state index contributed by atoms with van der Waals surface area (Å²) in [4.78, 5) is 0. The molecule has 0 saturated heterocycles. The summed E-state index contributed by atoms with van der Waals surface area (Å²) in [5.41, 5.74) is 0.503. The summed E-state index contributed by atoms with van der Waals surface area (Å²) < 4.78 is 0. The topological polar surface area (TPSA) is 0 Å². The molecule has 0 unspecified atom stereocenters. The average molecular weight is 263 g/mol. The molecular weight excluding hydrogens is 236 g/mol. The standard InChI is InChI=1S/C13H27Br/c1-4-5-6-7-8-9-10-11-13(2,3)12-14/h4-12H2,1-3H3. The van der Waals surface area contributed by atoms with Gasteiger partial charge in [-0.15, -0.1) is 0 Å². The van der Waals surface area contributed by atoms with E-state index in [0.29, 0.717) is 5.41 Å². The summed E-state index contributed by atoms with van der Waals surface area (Å²) >= 11 is 3.57. The van der Waals surface area contributed by atoms with E-state index >= 15 is 0 Å². The minimum Gasteiger partial charge on any atom is -0.0922 e. The van der Waals surface area contributed by atoms with Crippen molar-refractivity contribution in [1.29, 1.82) is 0 Å². The first-order chi connectivity index (χ1) is 6.62. The van der Waals surface area contributed by atoms with E-state index in [2.05, 4.69) is 36.7 Å². The minimum atomic E-state index is 0.503. The molecule has 0 amide bonds. The van der Waals surface area contributed by atoms with Crippen molar-refractivity contribution >= 4 is 15.9 Å². The Balaban J connectivity index is 3.13. The highest BCUT2D eigenvalue weighted by Gasteiger charge is 2.14. The Morgan fingerprint density at radius 3 is 1.86 bits per heavy atom. The molecule has 0 nitrogen and oxygen atoms in total. The van der Waals surface area contributed by atoms with Gasteiger partial charge in [0.1, 0.15) is 0 Å². The molecule has 0 fully saturated rings. The zero-order valence-electron chi connectivity index (χ0n) is 10.2. The molecule has 0 aliphatic carbocycles. The lowest BCUT2D eigenvalue weighted by Gasteiger charge is -2.20. The lowest BCUT2D eigenvalue weighted by Crippen LogP contribution is -2.12. The van der Waals surface area contributed by atoms with Crippen LogP contribution in [0.1, 0.15) is 72.1 Å². The molecule has 0 N–H and O–H groups in total. The van der Waals surface area contributed by atoms with Crippen molar-refractivity contribution in [3.63, 3.8) is 0 Å². The van der Waals surface area contributed by atoms with Gasteiger partial charge in [0.05, 0.1) is 0 Å². The van der Waals surface area contributed by atoms with Gasteiger partial charge < -0.3 is 0 Å². The number of hydrogen-bond donors (Lipinski definition) is 0. The Labute approximate surface area is 99.0 Å². The van der Waals surface area contributed by atoms with Crippen molar-refractivity contribution in [3.8, 4) is 0 Å². The van der Waals surface area contributed by atoms with Gasteiger partial charge in [-0.2, -0.15) is 0 Å². The lowest BCUT2D eigenvalue weighted by molar-refractivity contribution is 0.367. The molecule has 0 atom stereocenters. The van der Waals surface area contributed by atoms with E-state index in [1.807, 2.05) is 0 Å². The van der Waals surface area contributed by atoms with Gasteiger partial charge in [0.25, 0.3) is 0 Å². The Morgan fingerprint density at radius 2 is 1.36 bits per heavy atom. The van der Waals surface area contributed by atoms with Crippen molar-refractivity contribution in [2.24, 2.45) is 5.41 Å². The van der Waals surface area contributed by atoms with Gasteiger partial charge in [0, 0.05) is 5.33 Å². The second kappa shape index (κ2) is 8.76. The van der Waals surface area contributed by atoms with Gasteiger partial charge in [0.2, 0.25) is 0 Å². The van der Waals surface area contributed by atoms with Crippen molar-refractivity contribution in [2.75, 3.05) is 5.33 Å². The van der Waals surface area contributed by atoms with Crippen LogP contribution in [-0.4, -0.2) is 5.33 Å². The van der Waals surface area contributed by atoms with E-state index in [1.165, 1.54) is 51.4 Å². The van der Waals surface area contributed by atoms with Gasteiger partial charge in [-0.05, 0) is 11.8 Å². The molecule has 0 aromatic heterocycles. The van der Waals surface area contributed by atoms with Crippen LogP contribution in [0.4, 0.5) is 0 Å². The second-order valence-corrected chi connectivity index (χ2v) is 5.73. The van der Waals surface area contributed by atoms with Crippen LogP contribution in [0.25, 0.3) is 0 Å². The Hall–Kier alpha value is 0.480. The fourth-order valence-corrected chi connectivity index (χ4v) is 1.91. The fourth-order valence-electron chi connectivity index (χ4n) is 1.63. The first-order valence-corrected chi connectivity index (χ1v) is 7.30. The predicted octanol–water partition coefficient (Wildman–Crippen LogP) is 5.55. The molecule has 0 aliphatic heterocycles. The number of hydrogen-bond acceptors (Lipinski definition) is 0. The quantitative estimate of drug-likeness (QED) is 0.378. The maximum Gasteiger partial charge on any atom is 0.00826 e. The molecule has 0 heterocycles. The number of halogens is 1. The summed E-state index contributed by atoms with van der Waals surface area (Å²) in [6.45, 7) is 6.97. The van der Waals surface area contributed by atoms with Crippen LogP contribution in [0.5, 0.6) is 0 Å². The van der Waals surface area contributed by atoms with Crippen LogP contribution in [0.15, 0.2) is 0 Å². The van der Waals surface area contributed by atoms with Crippen LogP contribution in [-0.2, 0) is 0 Å². The maximum absolute atomic E-state index is 3.57. The summed E-state index contributed by atoms with van der Waals surface area (Å²) in [6, 6.07) is 0. The van der Waals surface area contributed by atoms with Crippen molar-refractivity contribution in [2.45, 2.75) is 72.1 Å². The van der Waals surface area contributed by atoms with Gasteiger partial charge in [-0.25, -0.2) is 0 Å². The molecule has 0 saturated carbocycles. The van der Waals surface area contributed by atoms with Gasteiger partial charge >= 0.3 is 0 Å². The fraction of sp³-hybridized carbons (Fsp3) is 1.00. The molecule has 86 valence electrons. The summed E-state index contributed by atoms with van der Waals surface area (Å²) in [7, 11) is 0. The Bertz CT molecular complexity index is 118. The number of rotatable bonds is 9. The number of unbranched alkanes of at least 4 members (excludes halogenated alkanes) is 6. The summed E-state index contributed by atoms with van der Waals surface area (Å²) in [5.74, 6) is 0. The van der Waals surface area contributed by atoms with E-state index in [0.717, 1.165) is 5.33 Å². The molecule has 1 heteroatoms. The van der Waals surface area contributed by atoms with Gasteiger partial charge in [0.15, 0.2) is 0 Å². The van der Waals surface area contributed by atoms with E-state index in [9.17, 15) is 0 Å². The highest BCUT2D eigenvalue weighted by Crippen LogP contribution is 2.26. The summed E-state index contributed by atoms with van der Waals surface area (Å²) in [5, 5.41) is 1.13. The van der Waals surface area contributed by atoms with Crippen molar-refractivity contribution < 1.29 is 0 Å². The van der Waals surface area contributed by atoms with E-state index in [-0.39, 0.29) is 0 Å². The first kappa shape index (κ1) is 14.5. The third kappa shape index (κ3) is 9.05. The smallest absolute Gasteiger partial charge is 0.00826 e. The maximum atomic E-state index is 3.57. The molecule has 0 spiro atoms.